The Hall–Kier alpha value is 0.720. The van der Waals surface area contributed by atoms with Crippen LogP contribution in [0.2, 0.25) is 0 Å². The van der Waals surface area contributed by atoms with E-state index in [4.69, 9.17) is 11.2 Å². The van der Waals surface area contributed by atoms with E-state index >= 15 is 0 Å². The van der Waals surface area contributed by atoms with Crippen LogP contribution in [-0.2, 0) is 0 Å². The summed E-state index contributed by atoms with van der Waals surface area (Å²) in [5.74, 6) is -1.91. The van der Waals surface area contributed by atoms with E-state index in [1.54, 1.807) is 0 Å². The topological polar surface area (TPSA) is 0 Å². The maximum atomic E-state index is 7.51. The summed E-state index contributed by atoms with van der Waals surface area (Å²) in [5, 5.41) is 0. The third-order valence-electron chi connectivity index (χ3n) is 4.75. The van der Waals surface area contributed by atoms with Crippen molar-refractivity contribution in [2.45, 2.75) is 77.8 Å². The molecule has 0 amide bonds. The van der Waals surface area contributed by atoms with E-state index in [9.17, 15) is 0 Å². The summed E-state index contributed by atoms with van der Waals surface area (Å²) in [5.41, 5.74) is 0.899. The van der Waals surface area contributed by atoms with Crippen molar-refractivity contribution in [3.05, 3.63) is 0 Å². The molecule has 1 fully saturated rings. The molecule has 0 aliphatic heterocycles. The van der Waals surface area contributed by atoms with Crippen LogP contribution in [0.5, 0.6) is 0 Å². The summed E-state index contributed by atoms with van der Waals surface area (Å²) >= 11 is 7.51. The molecule has 0 bridgehead atoms. The predicted octanol–water partition coefficient (Wildman–Crippen LogP) is 6.26. The fourth-order valence-electron chi connectivity index (χ4n) is 4.20. The molecule has 2 heteroatoms. The zero-order chi connectivity index (χ0) is 12.8. The van der Waals surface area contributed by atoms with Crippen molar-refractivity contribution in [2.75, 3.05) is 18.5 Å². The van der Waals surface area contributed by atoms with Gasteiger partial charge in [-0.3, -0.25) is 0 Å². The van der Waals surface area contributed by atoms with E-state index < -0.39 is 5.96 Å². The molecule has 0 aromatic carbocycles. The first-order chi connectivity index (χ1) is 8.09. The number of hydrogen-bond acceptors (Lipinski definition) is 0. The molecule has 104 valence electrons. The molecule has 0 saturated heterocycles. The predicted molar refractivity (Wildman–Crippen MR) is 85.1 cm³/mol. The minimum absolute atomic E-state index is 0.899. The van der Waals surface area contributed by atoms with Gasteiger partial charge in [0.1, 0.15) is 0 Å². The molecule has 1 saturated carbocycles. The summed E-state index contributed by atoms with van der Waals surface area (Å²) in [6.45, 7) is 6.99. The van der Waals surface area contributed by atoms with Gasteiger partial charge in [0.2, 0.25) is 0 Å². The first-order valence-electron chi connectivity index (χ1n) is 7.81. The second-order valence-corrected chi connectivity index (χ2v) is 14.3. The van der Waals surface area contributed by atoms with Gasteiger partial charge < -0.3 is 0 Å². The fourth-order valence-corrected chi connectivity index (χ4v) is 12.9. The normalized spacial score (nSPS) is 21.1. The van der Waals surface area contributed by atoms with Gasteiger partial charge in [0.05, 0.1) is 0 Å². The van der Waals surface area contributed by atoms with Gasteiger partial charge in [-0.15, -0.1) is 0 Å². The van der Waals surface area contributed by atoms with Crippen molar-refractivity contribution in [3.63, 3.8) is 0 Å². The molecule has 0 spiro atoms. The van der Waals surface area contributed by atoms with Crippen molar-refractivity contribution in [2.24, 2.45) is 0 Å². The zero-order valence-electron chi connectivity index (χ0n) is 12.2. The second kappa shape index (κ2) is 6.76. The van der Waals surface area contributed by atoms with Crippen LogP contribution < -0.4 is 0 Å². The maximum absolute atomic E-state index is 7.51. The molecule has 0 aromatic rings. The van der Waals surface area contributed by atoms with E-state index in [0.29, 0.717) is 0 Å². The Morgan fingerprint density at radius 1 is 0.824 bits per heavy atom. The number of hydrogen-bond donors (Lipinski definition) is 0. The minimum atomic E-state index is -1.91. The molecular formula is C15H32ClP. The number of rotatable bonds is 7. The van der Waals surface area contributed by atoms with Crippen LogP contribution in [0, 0.1) is 0 Å². The van der Waals surface area contributed by atoms with Crippen molar-refractivity contribution >= 4 is 17.2 Å². The van der Waals surface area contributed by atoms with Gasteiger partial charge in [-0.1, -0.05) is 0 Å². The third kappa shape index (κ3) is 3.60. The molecule has 0 N–H and O–H groups in total. The van der Waals surface area contributed by atoms with Crippen LogP contribution in [0.25, 0.3) is 0 Å². The van der Waals surface area contributed by atoms with Crippen LogP contribution >= 0.6 is 17.2 Å². The molecule has 0 radical (unpaired) electrons. The third-order valence-corrected chi connectivity index (χ3v) is 14.0. The molecule has 0 nitrogen and oxygen atoms in total. The summed E-state index contributed by atoms with van der Waals surface area (Å²) in [6, 6.07) is 0. The summed E-state index contributed by atoms with van der Waals surface area (Å²) < 4.78 is 0. The molecule has 1 rings (SSSR count). The van der Waals surface area contributed by atoms with Crippen LogP contribution in [-0.4, -0.2) is 24.1 Å². The van der Waals surface area contributed by atoms with E-state index in [1.807, 2.05) is 0 Å². The van der Waals surface area contributed by atoms with E-state index in [1.165, 1.54) is 69.9 Å². The standard InChI is InChI=1S/C15H32ClP/c1-4-12-17(16,13-5-2,14-6-3)15-10-8-7-9-11-15/h15H,4-14H2,1-3H3. The van der Waals surface area contributed by atoms with Crippen molar-refractivity contribution in [1.29, 1.82) is 0 Å². The zero-order valence-corrected chi connectivity index (χ0v) is 13.8. The average Bonchev–Trinajstić information content (AvgIpc) is 2.31. The van der Waals surface area contributed by atoms with Gasteiger partial charge in [0.25, 0.3) is 0 Å². The van der Waals surface area contributed by atoms with Gasteiger partial charge in [-0.25, -0.2) is 0 Å². The van der Waals surface area contributed by atoms with Crippen LogP contribution in [0.3, 0.4) is 0 Å². The second-order valence-electron chi connectivity index (χ2n) is 6.14. The molecule has 0 atom stereocenters. The van der Waals surface area contributed by atoms with Gasteiger partial charge in [-0.2, -0.15) is 0 Å². The van der Waals surface area contributed by atoms with Gasteiger partial charge in [-0.05, 0) is 0 Å². The van der Waals surface area contributed by atoms with Crippen LogP contribution in [0.1, 0.15) is 72.1 Å². The molecular weight excluding hydrogens is 247 g/mol. The van der Waals surface area contributed by atoms with Crippen LogP contribution in [0.15, 0.2) is 0 Å². The van der Waals surface area contributed by atoms with Crippen molar-refractivity contribution in [3.8, 4) is 0 Å². The molecule has 0 aromatic heterocycles. The van der Waals surface area contributed by atoms with E-state index in [2.05, 4.69) is 20.8 Å². The molecule has 1 aliphatic rings. The summed E-state index contributed by atoms with van der Waals surface area (Å²) in [6.07, 6.45) is 15.1. The van der Waals surface area contributed by atoms with Crippen molar-refractivity contribution < 1.29 is 0 Å². The quantitative estimate of drug-likeness (QED) is 0.482. The Morgan fingerprint density at radius 3 is 1.59 bits per heavy atom. The Labute approximate surface area is 114 Å². The van der Waals surface area contributed by atoms with E-state index in [-0.39, 0.29) is 0 Å². The molecule has 1 aliphatic carbocycles. The molecule has 17 heavy (non-hydrogen) atoms. The fraction of sp³-hybridized carbons (Fsp3) is 1.00. The molecule has 0 heterocycles. The monoisotopic (exact) mass is 278 g/mol. The van der Waals surface area contributed by atoms with E-state index in [0.717, 1.165) is 5.66 Å². The van der Waals surface area contributed by atoms with Gasteiger partial charge in [0, 0.05) is 0 Å². The molecule has 0 unspecified atom stereocenters. The first kappa shape index (κ1) is 15.8. The Bertz CT molecular complexity index is 201. The Morgan fingerprint density at radius 2 is 1.24 bits per heavy atom. The van der Waals surface area contributed by atoms with Crippen LogP contribution in [0.4, 0.5) is 0 Å². The number of halogens is 1. The Balaban J connectivity index is 2.93. The van der Waals surface area contributed by atoms with Crippen molar-refractivity contribution in [1.82, 2.24) is 0 Å². The SMILES string of the molecule is CCCP(Cl)(CCC)(CCC)C1CCCCC1. The average molecular weight is 279 g/mol. The van der Waals surface area contributed by atoms with Gasteiger partial charge >= 0.3 is 113 Å². The Kier molecular flexibility index (Phi) is 6.27. The summed E-state index contributed by atoms with van der Waals surface area (Å²) in [4.78, 5) is 0. The summed E-state index contributed by atoms with van der Waals surface area (Å²) in [7, 11) is 0. The van der Waals surface area contributed by atoms with Gasteiger partial charge in [0.15, 0.2) is 0 Å². The first-order valence-corrected chi connectivity index (χ1v) is 11.6.